The number of carbonyl (C=O) groups is 3. The molecule has 0 bridgehead atoms. The molecule has 0 saturated carbocycles. The molecule has 2 amide bonds. The summed E-state index contributed by atoms with van der Waals surface area (Å²) in [6, 6.07) is 20.8. The van der Waals surface area contributed by atoms with Gasteiger partial charge >= 0.3 is 5.97 Å². The molecule has 3 aromatic carbocycles. The molecule has 0 unspecified atom stereocenters. The second-order valence-corrected chi connectivity index (χ2v) is 8.09. The van der Waals surface area contributed by atoms with Crippen molar-refractivity contribution in [2.45, 2.75) is 6.54 Å². The van der Waals surface area contributed by atoms with Crippen molar-refractivity contribution in [1.82, 2.24) is 4.90 Å². The van der Waals surface area contributed by atoms with Gasteiger partial charge in [-0.05, 0) is 65.4 Å². The van der Waals surface area contributed by atoms with E-state index in [1.807, 2.05) is 36.4 Å². The summed E-state index contributed by atoms with van der Waals surface area (Å²) < 4.78 is 10.5. The number of carbonyl (C=O) groups excluding carboxylic acids is 3. The van der Waals surface area contributed by atoms with Crippen molar-refractivity contribution >= 4 is 35.0 Å². The molecule has 1 aliphatic rings. The van der Waals surface area contributed by atoms with Crippen molar-refractivity contribution in [3.8, 4) is 17.2 Å². The maximum atomic E-state index is 12.9. The minimum Gasteiger partial charge on any atom is -0.507 e. The van der Waals surface area contributed by atoms with E-state index in [4.69, 9.17) is 4.74 Å². The zero-order valence-corrected chi connectivity index (χ0v) is 18.4. The van der Waals surface area contributed by atoms with Crippen molar-refractivity contribution < 1.29 is 29.0 Å². The Morgan fingerprint density at radius 3 is 2.52 bits per heavy atom. The molecule has 3 aromatic rings. The molecule has 1 heterocycles. The number of nitrogens with zero attached hydrogens (tertiary/aromatic N) is 1. The van der Waals surface area contributed by atoms with Gasteiger partial charge in [0.1, 0.15) is 22.8 Å². The average molecular weight is 461 g/mol. The van der Waals surface area contributed by atoms with Crippen LogP contribution in [0.4, 0.5) is 4.79 Å². The summed E-state index contributed by atoms with van der Waals surface area (Å²) in [6.45, 7) is 0.0942. The molecule has 0 spiro atoms. The summed E-state index contributed by atoms with van der Waals surface area (Å²) >= 11 is 0.816. The highest BCUT2D eigenvalue weighted by atomic mass is 32.2. The Labute approximate surface area is 194 Å². The Kier molecular flexibility index (Phi) is 6.46. The van der Waals surface area contributed by atoms with Crippen LogP contribution in [0.5, 0.6) is 17.2 Å². The van der Waals surface area contributed by atoms with Crippen LogP contribution in [0.3, 0.4) is 0 Å². The predicted molar refractivity (Wildman–Crippen MR) is 124 cm³/mol. The topological polar surface area (TPSA) is 93.1 Å². The monoisotopic (exact) mass is 461 g/mol. The molecule has 0 atom stereocenters. The minimum absolute atomic E-state index is 0.0271. The van der Waals surface area contributed by atoms with E-state index < -0.39 is 17.1 Å². The van der Waals surface area contributed by atoms with E-state index in [1.54, 1.807) is 24.3 Å². The molecule has 1 saturated heterocycles. The van der Waals surface area contributed by atoms with E-state index in [2.05, 4.69) is 4.74 Å². The Hall–Kier alpha value is -4.04. The van der Waals surface area contributed by atoms with Gasteiger partial charge in [-0.15, -0.1) is 0 Å². The highest BCUT2D eigenvalue weighted by Gasteiger charge is 2.35. The first-order chi connectivity index (χ1) is 15.9. The second kappa shape index (κ2) is 9.62. The van der Waals surface area contributed by atoms with Crippen LogP contribution in [0.2, 0.25) is 0 Å². The van der Waals surface area contributed by atoms with Gasteiger partial charge in [-0.25, -0.2) is 4.79 Å². The fourth-order valence-corrected chi connectivity index (χ4v) is 4.06. The van der Waals surface area contributed by atoms with Gasteiger partial charge < -0.3 is 14.6 Å². The van der Waals surface area contributed by atoms with Crippen LogP contribution in [0.25, 0.3) is 6.08 Å². The van der Waals surface area contributed by atoms with Crippen molar-refractivity contribution in [3.63, 3.8) is 0 Å². The number of imide groups is 1. The van der Waals surface area contributed by atoms with Crippen LogP contribution in [0, 0.1) is 0 Å². The summed E-state index contributed by atoms with van der Waals surface area (Å²) in [5, 5.41) is 9.45. The van der Waals surface area contributed by atoms with Gasteiger partial charge in [-0.1, -0.05) is 36.4 Å². The number of para-hydroxylation sites is 1. The zero-order valence-electron chi connectivity index (χ0n) is 17.6. The molecule has 7 nitrogen and oxygen atoms in total. The quantitative estimate of drug-likeness (QED) is 0.398. The molecule has 0 radical (unpaired) electrons. The smallest absolute Gasteiger partial charge is 0.341 e. The average Bonchev–Trinajstić information content (AvgIpc) is 3.08. The number of esters is 1. The number of benzene rings is 3. The van der Waals surface area contributed by atoms with E-state index in [1.165, 1.54) is 25.3 Å². The van der Waals surface area contributed by atoms with Gasteiger partial charge in [0.05, 0.1) is 18.6 Å². The van der Waals surface area contributed by atoms with Crippen LogP contribution in [-0.2, 0) is 16.1 Å². The number of amides is 2. The molecule has 33 heavy (non-hydrogen) atoms. The number of hydrogen-bond acceptors (Lipinski definition) is 7. The zero-order chi connectivity index (χ0) is 23.4. The highest BCUT2D eigenvalue weighted by Crippen LogP contribution is 2.34. The molecule has 8 heteroatoms. The largest absolute Gasteiger partial charge is 0.507 e. The highest BCUT2D eigenvalue weighted by molar-refractivity contribution is 8.18. The summed E-state index contributed by atoms with van der Waals surface area (Å²) in [7, 11) is 1.21. The fourth-order valence-electron chi connectivity index (χ4n) is 3.22. The fraction of sp³-hybridized carbons (Fsp3) is 0.0800. The summed E-state index contributed by atoms with van der Waals surface area (Å²) in [6.07, 6.45) is 1.51. The SMILES string of the molecule is COC(=O)c1cc(C=C2SC(=O)N(Cc3cccc(Oc4ccccc4)c3)C2=O)ccc1O. The Morgan fingerprint density at radius 1 is 1.00 bits per heavy atom. The van der Waals surface area contributed by atoms with Gasteiger partial charge in [-0.3, -0.25) is 14.5 Å². The van der Waals surface area contributed by atoms with Crippen molar-refractivity contribution in [3.05, 3.63) is 94.4 Å². The van der Waals surface area contributed by atoms with Crippen LogP contribution in [0.15, 0.2) is 77.7 Å². The third kappa shape index (κ3) is 5.07. The number of rotatable bonds is 6. The number of methoxy groups -OCH3 is 1. The number of hydrogen-bond donors (Lipinski definition) is 1. The van der Waals surface area contributed by atoms with Gasteiger partial charge in [0.2, 0.25) is 0 Å². The van der Waals surface area contributed by atoms with Gasteiger partial charge in [0.25, 0.3) is 11.1 Å². The first-order valence-electron chi connectivity index (χ1n) is 9.93. The van der Waals surface area contributed by atoms with Crippen molar-refractivity contribution in [1.29, 1.82) is 0 Å². The predicted octanol–water partition coefficient (Wildman–Crippen LogP) is 5.21. The lowest BCUT2D eigenvalue weighted by atomic mass is 10.1. The lowest BCUT2D eigenvalue weighted by Crippen LogP contribution is -2.27. The number of ether oxygens (including phenoxy) is 2. The maximum Gasteiger partial charge on any atom is 0.341 e. The Morgan fingerprint density at radius 2 is 1.76 bits per heavy atom. The number of thioether (sulfide) groups is 1. The maximum absolute atomic E-state index is 12.9. The molecule has 4 rings (SSSR count). The van der Waals surface area contributed by atoms with Crippen LogP contribution in [0.1, 0.15) is 21.5 Å². The summed E-state index contributed by atoms with van der Waals surface area (Å²) in [4.78, 5) is 38.6. The first kappa shape index (κ1) is 22.2. The summed E-state index contributed by atoms with van der Waals surface area (Å²) in [5.74, 6) is -0.0881. The minimum atomic E-state index is -0.701. The van der Waals surface area contributed by atoms with Gasteiger partial charge in [0, 0.05) is 0 Å². The third-order valence-corrected chi connectivity index (χ3v) is 5.72. The van der Waals surface area contributed by atoms with Gasteiger partial charge in [-0.2, -0.15) is 0 Å². The third-order valence-electron chi connectivity index (χ3n) is 4.82. The molecule has 0 aliphatic carbocycles. The molecular formula is C25H19NO6S. The van der Waals surface area contributed by atoms with E-state index in [0.717, 1.165) is 22.2 Å². The van der Waals surface area contributed by atoms with Crippen LogP contribution in [-0.4, -0.2) is 34.2 Å². The molecule has 1 aliphatic heterocycles. The molecule has 1 fully saturated rings. The molecule has 166 valence electrons. The van der Waals surface area contributed by atoms with E-state index in [0.29, 0.717) is 17.1 Å². The lowest BCUT2D eigenvalue weighted by molar-refractivity contribution is -0.123. The normalized spacial score (nSPS) is 14.6. The van der Waals surface area contributed by atoms with E-state index in [9.17, 15) is 19.5 Å². The van der Waals surface area contributed by atoms with E-state index >= 15 is 0 Å². The lowest BCUT2D eigenvalue weighted by Gasteiger charge is -2.13. The number of aromatic hydroxyl groups is 1. The number of phenols is 1. The van der Waals surface area contributed by atoms with Crippen molar-refractivity contribution in [2.75, 3.05) is 7.11 Å². The first-order valence-corrected chi connectivity index (χ1v) is 10.7. The Bertz CT molecular complexity index is 1250. The van der Waals surface area contributed by atoms with Crippen LogP contribution >= 0.6 is 11.8 Å². The summed E-state index contributed by atoms with van der Waals surface area (Å²) in [5.41, 5.74) is 1.20. The van der Waals surface area contributed by atoms with Crippen LogP contribution < -0.4 is 4.74 Å². The molecule has 0 aromatic heterocycles. The number of phenolic OH excluding ortho intramolecular Hbond substituents is 1. The van der Waals surface area contributed by atoms with E-state index in [-0.39, 0.29) is 22.8 Å². The molecular weight excluding hydrogens is 442 g/mol. The van der Waals surface area contributed by atoms with Gasteiger partial charge in [0.15, 0.2) is 0 Å². The second-order valence-electron chi connectivity index (χ2n) is 7.10. The molecule has 1 N–H and O–H groups in total. The van der Waals surface area contributed by atoms with Crippen molar-refractivity contribution in [2.24, 2.45) is 0 Å². The Balaban J connectivity index is 1.51. The standard InChI is InChI=1S/C25H19NO6S/c1-31-24(29)20-13-16(10-11-21(20)27)14-22-23(28)26(25(30)33-22)15-17-6-5-9-19(12-17)32-18-7-3-2-4-8-18/h2-14,27H,15H2,1H3.